The Labute approximate surface area is 112 Å². The van der Waals surface area contributed by atoms with Crippen molar-refractivity contribution in [1.82, 2.24) is 0 Å². The number of carbonyl (C=O) groups is 2. The average molecular weight is 259 g/mol. The van der Waals surface area contributed by atoms with Gasteiger partial charge in [0.1, 0.15) is 0 Å². The highest BCUT2D eigenvalue weighted by Crippen LogP contribution is 2.27. The van der Waals surface area contributed by atoms with Crippen LogP contribution in [0.4, 0.5) is 5.69 Å². The zero-order valence-electron chi connectivity index (χ0n) is 10.8. The van der Waals surface area contributed by atoms with Crippen LogP contribution < -0.4 is 5.32 Å². The second kappa shape index (κ2) is 5.69. The number of nitrogens with one attached hydrogen (secondary N) is 1. The van der Waals surface area contributed by atoms with Gasteiger partial charge in [-0.15, -0.1) is 0 Å². The van der Waals surface area contributed by atoms with Crippen LogP contribution in [0.1, 0.15) is 18.4 Å². The number of anilines is 1. The van der Waals surface area contributed by atoms with Gasteiger partial charge in [0.25, 0.3) is 0 Å². The smallest absolute Gasteiger partial charge is 0.307 e. The number of carboxylic acid groups (broad SMARTS) is 1. The number of aryl methyl sites for hydroxylation is 1. The number of benzene rings is 1. The fourth-order valence-electron chi connectivity index (χ4n) is 2.32. The van der Waals surface area contributed by atoms with Crippen molar-refractivity contribution in [2.75, 3.05) is 5.32 Å². The largest absolute Gasteiger partial charge is 0.481 e. The Kier molecular flexibility index (Phi) is 4.00. The number of rotatable bonds is 3. The first kappa shape index (κ1) is 13.3. The molecule has 2 atom stereocenters. The van der Waals surface area contributed by atoms with Crippen molar-refractivity contribution < 1.29 is 14.7 Å². The molecular formula is C15H17NO3. The summed E-state index contributed by atoms with van der Waals surface area (Å²) >= 11 is 0. The van der Waals surface area contributed by atoms with E-state index in [1.165, 1.54) is 0 Å². The lowest BCUT2D eigenvalue weighted by Crippen LogP contribution is -2.34. The van der Waals surface area contributed by atoms with Crippen molar-refractivity contribution in [1.29, 1.82) is 0 Å². The molecule has 0 bridgehead atoms. The third-order valence-corrected chi connectivity index (χ3v) is 3.49. The average Bonchev–Trinajstić information content (AvgIpc) is 2.41. The number of carboxylic acids is 1. The highest BCUT2D eigenvalue weighted by molar-refractivity contribution is 5.96. The molecule has 0 radical (unpaired) electrons. The first-order valence-electron chi connectivity index (χ1n) is 6.34. The second-order valence-corrected chi connectivity index (χ2v) is 4.80. The molecule has 2 rings (SSSR count). The van der Waals surface area contributed by atoms with E-state index in [1.807, 2.05) is 43.3 Å². The summed E-state index contributed by atoms with van der Waals surface area (Å²) in [6.45, 7) is 1.91. The molecule has 0 heterocycles. The number of para-hydroxylation sites is 1. The highest BCUT2D eigenvalue weighted by atomic mass is 16.4. The van der Waals surface area contributed by atoms with Gasteiger partial charge in [0.05, 0.1) is 11.8 Å². The normalized spacial score (nSPS) is 21.9. The summed E-state index contributed by atoms with van der Waals surface area (Å²) in [7, 11) is 0. The predicted octanol–water partition coefficient (Wildman–Crippen LogP) is 2.60. The third kappa shape index (κ3) is 3.02. The van der Waals surface area contributed by atoms with Gasteiger partial charge in [-0.25, -0.2) is 0 Å². The van der Waals surface area contributed by atoms with E-state index in [0.29, 0.717) is 12.8 Å². The van der Waals surface area contributed by atoms with E-state index in [4.69, 9.17) is 5.11 Å². The molecule has 1 aromatic carbocycles. The quantitative estimate of drug-likeness (QED) is 0.820. The van der Waals surface area contributed by atoms with E-state index >= 15 is 0 Å². The molecule has 2 N–H and O–H groups in total. The van der Waals surface area contributed by atoms with Gasteiger partial charge in [-0.3, -0.25) is 9.59 Å². The van der Waals surface area contributed by atoms with Gasteiger partial charge >= 0.3 is 5.97 Å². The Bertz CT molecular complexity index is 522. The number of aliphatic carboxylic acids is 1. The van der Waals surface area contributed by atoms with Crippen LogP contribution in [-0.4, -0.2) is 17.0 Å². The number of allylic oxidation sites excluding steroid dienone is 2. The molecular weight excluding hydrogens is 242 g/mol. The summed E-state index contributed by atoms with van der Waals surface area (Å²) in [5, 5.41) is 12.0. The topological polar surface area (TPSA) is 66.4 Å². The molecule has 0 aromatic heterocycles. The fourth-order valence-corrected chi connectivity index (χ4v) is 2.32. The van der Waals surface area contributed by atoms with Crippen LogP contribution >= 0.6 is 0 Å². The summed E-state index contributed by atoms with van der Waals surface area (Å²) in [6.07, 6.45) is 4.60. The van der Waals surface area contributed by atoms with Crippen LogP contribution in [0.25, 0.3) is 0 Å². The summed E-state index contributed by atoms with van der Waals surface area (Å²) in [5.41, 5.74) is 1.71. The fraction of sp³-hybridized carbons (Fsp3) is 0.333. The summed E-state index contributed by atoms with van der Waals surface area (Å²) in [6, 6.07) is 7.47. The lowest BCUT2D eigenvalue weighted by Gasteiger charge is -2.24. The highest BCUT2D eigenvalue weighted by Gasteiger charge is 2.33. The molecule has 0 fully saturated rings. The Morgan fingerprint density at radius 2 is 1.79 bits per heavy atom. The maximum Gasteiger partial charge on any atom is 0.307 e. The van der Waals surface area contributed by atoms with Gasteiger partial charge in [0, 0.05) is 5.69 Å². The van der Waals surface area contributed by atoms with Crippen LogP contribution in [0.2, 0.25) is 0 Å². The Morgan fingerprint density at radius 3 is 2.42 bits per heavy atom. The summed E-state index contributed by atoms with van der Waals surface area (Å²) in [4.78, 5) is 23.4. The van der Waals surface area contributed by atoms with Crippen molar-refractivity contribution in [3.05, 3.63) is 42.0 Å². The van der Waals surface area contributed by atoms with E-state index in [9.17, 15) is 9.59 Å². The second-order valence-electron chi connectivity index (χ2n) is 4.80. The van der Waals surface area contributed by atoms with E-state index in [-0.39, 0.29) is 5.91 Å². The molecule has 0 unspecified atom stereocenters. The van der Waals surface area contributed by atoms with Gasteiger partial charge < -0.3 is 10.4 Å². The van der Waals surface area contributed by atoms with Crippen LogP contribution in [-0.2, 0) is 9.59 Å². The van der Waals surface area contributed by atoms with Gasteiger partial charge in [-0.1, -0.05) is 30.4 Å². The first-order chi connectivity index (χ1) is 9.09. The molecule has 1 amide bonds. The minimum atomic E-state index is -0.908. The molecule has 19 heavy (non-hydrogen) atoms. The minimum Gasteiger partial charge on any atom is -0.481 e. The van der Waals surface area contributed by atoms with Gasteiger partial charge in [0.15, 0.2) is 0 Å². The van der Waals surface area contributed by atoms with E-state index in [1.54, 1.807) is 0 Å². The zero-order valence-corrected chi connectivity index (χ0v) is 10.8. The molecule has 1 aliphatic rings. The van der Waals surface area contributed by atoms with Crippen molar-refractivity contribution in [3.8, 4) is 0 Å². The molecule has 0 saturated heterocycles. The van der Waals surface area contributed by atoms with E-state index < -0.39 is 17.8 Å². The molecule has 4 nitrogen and oxygen atoms in total. The summed E-state index contributed by atoms with van der Waals surface area (Å²) < 4.78 is 0. The Balaban J connectivity index is 2.13. The lowest BCUT2D eigenvalue weighted by molar-refractivity contribution is -0.146. The van der Waals surface area contributed by atoms with Gasteiger partial charge in [-0.05, 0) is 31.4 Å². The van der Waals surface area contributed by atoms with Crippen LogP contribution in [0.15, 0.2) is 36.4 Å². The van der Waals surface area contributed by atoms with Crippen molar-refractivity contribution in [3.63, 3.8) is 0 Å². The lowest BCUT2D eigenvalue weighted by atomic mass is 9.82. The van der Waals surface area contributed by atoms with Gasteiger partial charge in [-0.2, -0.15) is 0 Å². The number of hydrogen-bond donors (Lipinski definition) is 2. The summed E-state index contributed by atoms with van der Waals surface area (Å²) in [5.74, 6) is -2.25. The third-order valence-electron chi connectivity index (χ3n) is 3.49. The van der Waals surface area contributed by atoms with Crippen LogP contribution in [0.5, 0.6) is 0 Å². The zero-order chi connectivity index (χ0) is 13.8. The maximum atomic E-state index is 12.2. The van der Waals surface area contributed by atoms with Crippen molar-refractivity contribution in [2.24, 2.45) is 11.8 Å². The number of amides is 1. The van der Waals surface area contributed by atoms with Crippen LogP contribution in [0.3, 0.4) is 0 Å². The Morgan fingerprint density at radius 1 is 1.16 bits per heavy atom. The monoisotopic (exact) mass is 259 g/mol. The van der Waals surface area contributed by atoms with Gasteiger partial charge in [0.2, 0.25) is 5.91 Å². The van der Waals surface area contributed by atoms with Crippen molar-refractivity contribution >= 4 is 17.6 Å². The molecule has 1 aliphatic carbocycles. The molecule has 0 spiro atoms. The van der Waals surface area contributed by atoms with Crippen molar-refractivity contribution in [2.45, 2.75) is 19.8 Å². The first-order valence-corrected chi connectivity index (χ1v) is 6.34. The molecule has 0 saturated carbocycles. The van der Waals surface area contributed by atoms with E-state index in [0.717, 1.165) is 11.3 Å². The SMILES string of the molecule is Cc1ccccc1NC(=O)[C@@H]1CC=CC[C@@H]1C(=O)O. The number of carbonyl (C=O) groups excluding carboxylic acids is 1. The number of hydrogen-bond acceptors (Lipinski definition) is 2. The minimum absolute atomic E-state index is 0.217. The molecule has 100 valence electrons. The standard InChI is InChI=1S/C15H17NO3/c1-10-6-2-5-9-13(10)16-14(17)11-7-3-4-8-12(11)15(18)19/h2-6,9,11-12H,7-8H2,1H3,(H,16,17)(H,18,19)/t11-,12+/m1/s1. The van der Waals surface area contributed by atoms with E-state index in [2.05, 4.69) is 5.32 Å². The maximum absolute atomic E-state index is 12.2. The Hall–Kier alpha value is -2.10. The molecule has 4 heteroatoms. The predicted molar refractivity (Wildman–Crippen MR) is 72.8 cm³/mol. The molecule has 0 aliphatic heterocycles. The molecule has 1 aromatic rings. The van der Waals surface area contributed by atoms with Crippen LogP contribution in [0, 0.1) is 18.8 Å².